The summed E-state index contributed by atoms with van der Waals surface area (Å²) in [6.07, 6.45) is 0.312. The van der Waals surface area contributed by atoms with Gasteiger partial charge in [0.2, 0.25) is 5.91 Å². The minimum absolute atomic E-state index is 0.0528. The van der Waals surface area contributed by atoms with Crippen molar-refractivity contribution in [2.45, 2.75) is 24.5 Å². The molecule has 0 unspecified atom stereocenters. The number of rotatable bonds is 9. The molecule has 2 aromatic rings. The molecule has 0 aliphatic carbocycles. The van der Waals surface area contributed by atoms with Gasteiger partial charge in [0.15, 0.2) is 5.16 Å². The number of aromatic nitrogens is 2. The minimum atomic E-state index is -0.609. The number of nitriles is 2. The highest BCUT2D eigenvalue weighted by molar-refractivity contribution is 7.99. The lowest BCUT2D eigenvalue weighted by Crippen LogP contribution is -2.34. The third-order valence-corrected chi connectivity index (χ3v) is 4.97. The van der Waals surface area contributed by atoms with E-state index >= 15 is 0 Å². The molecule has 0 aliphatic heterocycles. The van der Waals surface area contributed by atoms with Crippen LogP contribution in [0.4, 0.5) is 0 Å². The van der Waals surface area contributed by atoms with Crippen LogP contribution in [0.2, 0.25) is 0 Å². The molecule has 150 valence electrons. The monoisotopic (exact) mass is 413 g/mol. The molecule has 0 fully saturated rings. The summed E-state index contributed by atoms with van der Waals surface area (Å²) < 4.78 is 5.84. The molecule has 0 N–H and O–H groups in total. The number of amides is 1. The van der Waals surface area contributed by atoms with E-state index in [1.54, 1.807) is 24.3 Å². The zero-order valence-electron chi connectivity index (χ0n) is 15.8. The summed E-state index contributed by atoms with van der Waals surface area (Å²) in [7, 11) is 1.22. The van der Waals surface area contributed by atoms with E-state index in [1.807, 2.05) is 12.1 Å². The van der Waals surface area contributed by atoms with Crippen molar-refractivity contribution >= 4 is 34.5 Å². The van der Waals surface area contributed by atoms with E-state index in [1.165, 1.54) is 16.6 Å². The molecule has 1 aromatic carbocycles. The minimum Gasteiger partial charge on any atom is -0.468 e. The second-order valence-electron chi connectivity index (χ2n) is 5.86. The van der Waals surface area contributed by atoms with E-state index < -0.39 is 11.5 Å². The third kappa shape index (κ3) is 5.80. The molecule has 1 heterocycles. The number of methoxy groups -OCH3 is 1. The second kappa shape index (κ2) is 10.8. The molecule has 0 aliphatic rings. The van der Waals surface area contributed by atoms with Gasteiger partial charge in [-0.15, -0.1) is 0 Å². The predicted octanol–water partition coefficient (Wildman–Crippen LogP) is 1.32. The number of fused-ring (bicyclic) bond motifs is 1. The van der Waals surface area contributed by atoms with Gasteiger partial charge in [-0.05, 0) is 12.1 Å². The van der Waals surface area contributed by atoms with Crippen molar-refractivity contribution in [2.75, 3.05) is 26.0 Å². The molecule has 0 bridgehead atoms. The molecule has 0 saturated heterocycles. The molecule has 0 saturated carbocycles. The fourth-order valence-electron chi connectivity index (χ4n) is 2.54. The Kier molecular flexibility index (Phi) is 8.19. The molecule has 1 amide bonds. The number of para-hydroxylation sites is 1. The normalized spacial score (nSPS) is 10.2. The number of carbonyl (C=O) groups excluding carboxylic acids is 2. The third-order valence-electron chi connectivity index (χ3n) is 4.01. The smallest absolute Gasteiger partial charge is 0.325 e. The Morgan fingerprint density at radius 1 is 1.21 bits per heavy atom. The van der Waals surface area contributed by atoms with E-state index in [4.69, 9.17) is 10.5 Å². The van der Waals surface area contributed by atoms with Crippen LogP contribution in [0.15, 0.2) is 34.2 Å². The molecule has 0 atom stereocenters. The van der Waals surface area contributed by atoms with Crippen LogP contribution in [0.25, 0.3) is 10.9 Å². The van der Waals surface area contributed by atoms with E-state index in [2.05, 4.69) is 9.72 Å². The summed E-state index contributed by atoms with van der Waals surface area (Å²) in [5, 5.41) is 18.1. The molecular formula is C19H19N5O4S. The summed E-state index contributed by atoms with van der Waals surface area (Å²) in [6.45, 7) is 0.117. The number of thioether (sulfide) groups is 1. The first-order valence-electron chi connectivity index (χ1n) is 8.72. The molecule has 9 nitrogen and oxygen atoms in total. The molecular weight excluding hydrogens is 394 g/mol. The summed E-state index contributed by atoms with van der Waals surface area (Å²) in [6, 6.07) is 10.7. The number of esters is 1. The van der Waals surface area contributed by atoms with Gasteiger partial charge < -0.3 is 9.64 Å². The standard InChI is InChI=1S/C19H19N5O4S/c1-28-17(26)12-24-18(27)14-6-2-3-7-15(14)22-19(24)29-13-16(25)23(10-4-8-20)11-5-9-21/h2-3,6-7H,4-5,10-13H2,1H3. The van der Waals surface area contributed by atoms with Crippen molar-refractivity contribution in [3.63, 3.8) is 0 Å². The number of carbonyl (C=O) groups is 2. The first kappa shape index (κ1) is 21.9. The Labute approximate surface area is 171 Å². The number of ether oxygens (including phenoxy) is 1. The summed E-state index contributed by atoms with van der Waals surface area (Å²) in [5.74, 6) is -0.947. The van der Waals surface area contributed by atoms with Gasteiger partial charge in [0.1, 0.15) is 6.54 Å². The van der Waals surface area contributed by atoms with Crippen molar-refractivity contribution < 1.29 is 14.3 Å². The first-order chi connectivity index (χ1) is 14.0. The molecule has 10 heteroatoms. The zero-order chi connectivity index (χ0) is 21.2. The Morgan fingerprint density at radius 3 is 2.48 bits per heavy atom. The van der Waals surface area contributed by atoms with Gasteiger partial charge in [-0.1, -0.05) is 23.9 Å². The highest BCUT2D eigenvalue weighted by atomic mass is 32.2. The van der Waals surface area contributed by atoms with Crippen molar-refractivity contribution in [1.29, 1.82) is 10.5 Å². The fraction of sp³-hybridized carbons (Fsp3) is 0.368. The lowest BCUT2D eigenvalue weighted by atomic mass is 10.2. The second-order valence-corrected chi connectivity index (χ2v) is 6.81. The molecule has 29 heavy (non-hydrogen) atoms. The van der Waals surface area contributed by atoms with Gasteiger partial charge in [-0.3, -0.25) is 19.0 Å². The van der Waals surface area contributed by atoms with Crippen molar-refractivity contribution in [2.24, 2.45) is 0 Å². The van der Waals surface area contributed by atoms with E-state index in [0.29, 0.717) is 10.9 Å². The predicted molar refractivity (Wildman–Crippen MR) is 106 cm³/mol. The summed E-state index contributed by atoms with van der Waals surface area (Å²) in [5.41, 5.74) is 0.0566. The Morgan fingerprint density at radius 2 is 1.86 bits per heavy atom. The van der Waals surface area contributed by atoms with Gasteiger partial charge >= 0.3 is 5.97 Å². The number of hydrogen-bond donors (Lipinski definition) is 0. The quantitative estimate of drug-likeness (QED) is 0.342. The van der Waals surface area contributed by atoms with Gasteiger partial charge in [0.05, 0.1) is 48.7 Å². The maximum atomic E-state index is 12.8. The van der Waals surface area contributed by atoms with Crippen molar-refractivity contribution in [1.82, 2.24) is 14.5 Å². The van der Waals surface area contributed by atoms with E-state index in [9.17, 15) is 14.4 Å². The van der Waals surface area contributed by atoms with Gasteiger partial charge in [0.25, 0.3) is 5.56 Å². The Balaban J connectivity index is 2.29. The Bertz CT molecular complexity index is 1020. The summed E-state index contributed by atoms with van der Waals surface area (Å²) in [4.78, 5) is 42.9. The van der Waals surface area contributed by atoms with Crippen LogP contribution in [0.5, 0.6) is 0 Å². The van der Waals surface area contributed by atoms with Crippen molar-refractivity contribution in [3.8, 4) is 12.1 Å². The van der Waals surface area contributed by atoms with Crippen LogP contribution in [0.1, 0.15) is 12.8 Å². The van der Waals surface area contributed by atoms with E-state index in [0.717, 1.165) is 11.8 Å². The van der Waals surface area contributed by atoms with Crippen LogP contribution in [-0.2, 0) is 20.9 Å². The maximum Gasteiger partial charge on any atom is 0.325 e. The van der Waals surface area contributed by atoms with Gasteiger partial charge in [-0.2, -0.15) is 10.5 Å². The highest BCUT2D eigenvalue weighted by Crippen LogP contribution is 2.18. The zero-order valence-corrected chi connectivity index (χ0v) is 16.6. The largest absolute Gasteiger partial charge is 0.468 e. The van der Waals surface area contributed by atoms with Crippen LogP contribution >= 0.6 is 11.8 Å². The molecule has 0 radical (unpaired) electrons. The van der Waals surface area contributed by atoms with Crippen LogP contribution in [0, 0.1) is 22.7 Å². The lowest BCUT2D eigenvalue weighted by Gasteiger charge is -2.20. The maximum absolute atomic E-state index is 12.8. The molecule has 1 aromatic heterocycles. The number of hydrogen-bond acceptors (Lipinski definition) is 8. The van der Waals surface area contributed by atoms with Crippen LogP contribution in [0.3, 0.4) is 0 Å². The number of nitrogens with zero attached hydrogens (tertiary/aromatic N) is 5. The molecule has 0 spiro atoms. The SMILES string of the molecule is COC(=O)Cn1c(SCC(=O)N(CCC#N)CCC#N)nc2ccccc2c1=O. The van der Waals surface area contributed by atoms with Crippen LogP contribution < -0.4 is 5.56 Å². The van der Waals surface area contributed by atoms with Gasteiger partial charge in [0, 0.05) is 13.1 Å². The fourth-order valence-corrected chi connectivity index (χ4v) is 3.44. The average molecular weight is 413 g/mol. The van der Waals surface area contributed by atoms with Crippen LogP contribution in [-0.4, -0.2) is 52.3 Å². The van der Waals surface area contributed by atoms with Gasteiger partial charge in [-0.25, -0.2) is 4.98 Å². The Hall–Kier alpha value is -3.37. The lowest BCUT2D eigenvalue weighted by molar-refractivity contribution is -0.141. The summed E-state index contributed by atoms with van der Waals surface area (Å²) >= 11 is 1.02. The highest BCUT2D eigenvalue weighted by Gasteiger charge is 2.18. The number of benzene rings is 1. The average Bonchev–Trinajstić information content (AvgIpc) is 2.74. The topological polar surface area (TPSA) is 129 Å². The molecule has 2 rings (SSSR count). The van der Waals surface area contributed by atoms with Crippen molar-refractivity contribution in [3.05, 3.63) is 34.6 Å². The van der Waals surface area contributed by atoms with E-state index in [-0.39, 0.29) is 49.3 Å². The first-order valence-corrected chi connectivity index (χ1v) is 9.71.